The minimum Gasteiger partial charge on any atom is -0.391 e. The van der Waals surface area contributed by atoms with Crippen LogP contribution in [0.2, 0.25) is 0 Å². The highest BCUT2D eigenvalue weighted by Crippen LogP contribution is 2.37. The molecule has 18 amide bonds. The van der Waals surface area contributed by atoms with Crippen molar-refractivity contribution in [1.82, 2.24) is 78.6 Å². The molecule has 0 radical (unpaired) electrons. The highest BCUT2D eigenvalue weighted by molar-refractivity contribution is 6.03. The smallest absolute Gasteiger partial charge is 0.339 e. The molecule has 3 aliphatic heterocycles. The Hall–Kier alpha value is -11.6. The molecule has 3 saturated heterocycles. The summed E-state index contributed by atoms with van der Waals surface area (Å²) in [6, 6.07) is 0.855. The van der Waals surface area contributed by atoms with E-state index in [9.17, 15) is 102 Å². The number of likely N-dealkylation sites (tertiary alicyclic amines) is 3. The third-order valence-electron chi connectivity index (χ3n) is 24.4. The first-order valence-electron chi connectivity index (χ1n) is 44.3. The van der Waals surface area contributed by atoms with Gasteiger partial charge in [-0.15, -0.1) is 0 Å². The predicted molar refractivity (Wildman–Crippen MR) is 475 cm³/mol. The molecule has 3 aliphatic rings. The molecule has 0 aliphatic carbocycles. The summed E-state index contributed by atoms with van der Waals surface area (Å²) in [4.78, 5) is 258. The number of aromatic nitrogens is 1. The number of amides is 18. The first kappa shape index (κ1) is 107. The number of rotatable bonds is 46. The monoisotopic (exact) mass is 1830 g/mol. The highest BCUT2D eigenvalue weighted by atomic mass is 16.3. The number of carbonyl (C=O) groups excluding carboxylic acids is 18. The van der Waals surface area contributed by atoms with Gasteiger partial charge in [-0.2, -0.15) is 0 Å². The van der Waals surface area contributed by atoms with Gasteiger partial charge in [0.15, 0.2) is 6.04 Å². The number of fused-ring (bicyclic) bond motifs is 1. The van der Waals surface area contributed by atoms with E-state index in [2.05, 4.69) is 68.8 Å². The lowest BCUT2D eigenvalue weighted by molar-refractivity contribution is -0.884. The van der Waals surface area contributed by atoms with E-state index >= 15 is 4.79 Å². The maximum absolute atomic E-state index is 15.1. The molecule has 2 aromatic carbocycles. The van der Waals surface area contributed by atoms with Crippen LogP contribution in [0.15, 0.2) is 60.8 Å². The Morgan fingerprint density at radius 3 is 1.46 bits per heavy atom. The normalized spacial score (nSPS) is 20.3. The molecule has 130 heavy (non-hydrogen) atoms. The lowest BCUT2D eigenvalue weighted by Crippen LogP contribution is -2.73. The van der Waals surface area contributed by atoms with Crippen molar-refractivity contribution in [2.75, 3.05) is 26.2 Å². The number of aliphatic hydroxyl groups is 4. The molecule has 0 bridgehead atoms. The third-order valence-corrected chi connectivity index (χ3v) is 24.4. The number of nitrogens with two attached hydrogens (primary N) is 3. The number of H-pyrrole nitrogens is 1. The molecule has 3 fully saturated rings. The Morgan fingerprint density at radius 1 is 0.508 bits per heavy atom. The third kappa shape index (κ3) is 27.8. The number of carbonyl (C=O) groups is 18. The molecule has 4 heterocycles. The number of β-amino-alcohol motifs (C(OH)–C–C–N with tert-alkyl or cyclic N) is 2. The van der Waals surface area contributed by atoms with Crippen LogP contribution in [-0.2, 0) is 99.1 Å². The van der Waals surface area contributed by atoms with Gasteiger partial charge in [-0.25, -0.2) is 9.28 Å². The second kappa shape index (κ2) is 45.3. The van der Waals surface area contributed by atoms with Crippen molar-refractivity contribution in [2.24, 2.45) is 35.0 Å². The predicted octanol–water partition coefficient (Wildman–Crippen LogP) is -2.83. The molecule has 0 spiro atoms. The second-order valence-electron chi connectivity index (χ2n) is 37.9. The maximum atomic E-state index is 15.1. The molecule has 720 valence electrons. The molecule has 3 aromatic rings. The topological polar surface area (TPSA) is 633 Å². The first-order valence-corrected chi connectivity index (χ1v) is 44.3. The van der Waals surface area contributed by atoms with Gasteiger partial charge in [-0.1, -0.05) is 103 Å². The van der Waals surface area contributed by atoms with Gasteiger partial charge in [0.1, 0.15) is 88.1 Å². The van der Waals surface area contributed by atoms with E-state index in [0.29, 0.717) is 18.4 Å². The molecule has 1 unspecified atom stereocenters. The number of nitrogens with zero attached hydrogens (tertiary/aromatic N) is 3. The van der Waals surface area contributed by atoms with Crippen molar-refractivity contribution >= 4 is 117 Å². The van der Waals surface area contributed by atoms with E-state index in [4.69, 9.17) is 17.2 Å². The van der Waals surface area contributed by atoms with E-state index in [0.717, 1.165) is 33.2 Å². The molecule has 1 aromatic heterocycles. The van der Waals surface area contributed by atoms with Crippen molar-refractivity contribution in [3.63, 3.8) is 0 Å². The van der Waals surface area contributed by atoms with Crippen molar-refractivity contribution in [1.29, 1.82) is 0 Å². The fourth-order valence-corrected chi connectivity index (χ4v) is 16.7. The lowest BCUT2D eigenvalue weighted by atomic mass is 9.93. The summed E-state index contributed by atoms with van der Waals surface area (Å²) < 4.78 is -0.580. The summed E-state index contributed by atoms with van der Waals surface area (Å²) >= 11 is 0. The van der Waals surface area contributed by atoms with Crippen LogP contribution in [0.5, 0.6) is 0 Å². The van der Waals surface area contributed by atoms with Crippen LogP contribution in [0, 0.1) is 17.8 Å². The number of para-hydroxylation sites is 1. The quantitative estimate of drug-likeness (QED) is 0.0253. The number of primary amides is 3. The minimum atomic E-state index is -1.98. The summed E-state index contributed by atoms with van der Waals surface area (Å²) in [5.41, 5.74) is 9.61. The van der Waals surface area contributed by atoms with Crippen LogP contribution in [0.3, 0.4) is 0 Å². The van der Waals surface area contributed by atoms with E-state index in [1.165, 1.54) is 76.2 Å². The Bertz CT molecular complexity index is 4650. The van der Waals surface area contributed by atoms with Gasteiger partial charge in [0.05, 0.1) is 31.5 Å². The standard InChI is InChI=1S/C89H137N19O22/c1-19-47(5)67(98-71(117)61(94-50(8)111)39-52-42-93-57-30-25-24-29-56(52)57)77(123)96-59(33-35-66(91)115)72(118)101-86(11,12)81(127)100-68(48(6)20-2)78(124)99-69(49(7)110)79(125)105-85(9,10)80(126)97-60(37-46(3)4)74(120)103-88(15,16)82(128)106-43-54(112)40-62(106)75(121)95-58(32-34-65(90)114)73(119)102-87(13,14)83(129)107-44-55(113)41-63(107)76(122)104-89(17,18)84(130)108(36-26-31-64(108)70(92)116)53(45-109)38-51-27-22-21-23-28-51/h21-25,27-30,42,46-49,53-55,58-64,67-69,93,109-110,112-113H,19-20,26,31-41,43-45H2,1-18H3,(H17-,90,91,92,94,95,96,97,98,99,100,101,102,103,104,105,111,114,115,116,117,118,119,120,121,122,123,124,125,126,127)/p+1/t47-,48-,49+,53?,54+,55+,58-,59-,60-,61-,62-,63-,64-,67-,68-,69-,108+/m0/s1. The number of aliphatic hydroxyl groups excluding tert-OH is 4. The summed E-state index contributed by atoms with van der Waals surface area (Å²) in [7, 11) is 0. The van der Waals surface area contributed by atoms with Crippen molar-refractivity contribution in [3.8, 4) is 0 Å². The fraction of sp³-hybridized carbons (Fsp3) is 0.640. The molecule has 17 atom stereocenters. The summed E-state index contributed by atoms with van der Waals surface area (Å²) in [6.07, 6.45) is -3.88. The van der Waals surface area contributed by atoms with Gasteiger partial charge in [0.2, 0.25) is 94.5 Å². The Kier molecular flexibility index (Phi) is 37.4. The highest BCUT2D eigenvalue weighted by Gasteiger charge is 2.61. The number of quaternary nitrogens is 1. The van der Waals surface area contributed by atoms with E-state index < -0.39 is 280 Å². The molecule has 41 nitrogen and oxygen atoms in total. The van der Waals surface area contributed by atoms with Gasteiger partial charge in [0, 0.05) is 88.5 Å². The van der Waals surface area contributed by atoms with E-state index in [1.807, 2.05) is 36.4 Å². The van der Waals surface area contributed by atoms with Crippen molar-refractivity contribution in [3.05, 3.63) is 71.9 Å². The Labute approximate surface area is 757 Å². The summed E-state index contributed by atoms with van der Waals surface area (Å²) in [5.74, 6) is -17.8. The molecule has 6 rings (SSSR count). The van der Waals surface area contributed by atoms with Crippen LogP contribution in [-0.4, -0.2) is 285 Å². The number of benzene rings is 2. The minimum absolute atomic E-state index is 0.0308. The second-order valence-corrected chi connectivity index (χ2v) is 37.9. The van der Waals surface area contributed by atoms with Gasteiger partial charge in [-0.05, 0) is 130 Å². The number of nitrogens with one attached hydrogen (secondary N) is 13. The van der Waals surface area contributed by atoms with E-state index in [-0.39, 0.29) is 57.4 Å². The zero-order chi connectivity index (χ0) is 98.0. The van der Waals surface area contributed by atoms with Crippen LogP contribution in [0.25, 0.3) is 10.9 Å². The van der Waals surface area contributed by atoms with Crippen LogP contribution < -0.4 is 81.0 Å². The average Bonchev–Trinajstić information content (AvgIpc) is 1.73. The molecule has 0 saturated carbocycles. The number of aromatic amines is 1. The molecular weight excluding hydrogens is 1690 g/mol. The lowest BCUT2D eigenvalue weighted by Gasteiger charge is -2.46. The average molecular weight is 1830 g/mol. The van der Waals surface area contributed by atoms with Gasteiger partial charge in [-0.3, -0.25) is 81.5 Å². The van der Waals surface area contributed by atoms with Crippen molar-refractivity contribution in [2.45, 2.75) is 321 Å². The first-order chi connectivity index (χ1) is 60.4. The Morgan fingerprint density at radius 2 is 0.969 bits per heavy atom. The van der Waals surface area contributed by atoms with Gasteiger partial charge < -0.3 is 116 Å². The van der Waals surface area contributed by atoms with E-state index in [1.54, 1.807) is 65.9 Å². The van der Waals surface area contributed by atoms with Gasteiger partial charge in [0.25, 0.3) is 5.91 Å². The zero-order valence-electron chi connectivity index (χ0n) is 77.8. The summed E-state index contributed by atoms with van der Waals surface area (Å²) in [5, 5.41) is 76.2. The number of hydrogen-bond donors (Lipinski definition) is 20. The largest absolute Gasteiger partial charge is 0.391 e. The SMILES string of the molecule is CC[C@H](C)[C@H](NC(=O)[C@H](Cc1c[nH]c2ccccc12)NC(C)=O)C(=O)N[C@@H](CCC(N)=O)C(=O)NC(C)(C)C(=O)N[C@H](C(=O)N[C@H](C(=O)NC(C)(C)C(=O)N[C@@H](CC(C)C)C(=O)NC(C)(C)C(=O)N1C[C@H](O)C[C@H]1C(=O)N[C@@H](CCC(N)=O)C(=O)NC(C)(C)C(=O)N1C[C@H](O)C[C@H]1C(=O)NC(C)(C)C(=O)[N@@+]1(C(CO)Cc2ccccc2)CCC[C@H]1C(N)=O)[C@@H](C)O)[C@@H](C)CC. The maximum Gasteiger partial charge on any atom is 0.339 e. The van der Waals surface area contributed by atoms with Crippen molar-refractivity contribution < 1.29 is 111 Å². The van der Waals surface area contributed by atoms with Crippen LogP contribution in [0.1, 0.15) is 206 Å². The fourth-order valence-electron chi connectivity index (χ4n) is 16.7. The van der Waals surface area contributed by atoms with Crippen LogP contribution in [0.4, 0.5) is 0 Å². The zero-order valence-corrected chi connectivity index (χ0v) is 77.8. The molecular formula is C89H138N19O22+. The van der Waals surface area contributed by atoms with Crippen LogP contribution >= 0.6 is 0 Å². The molecule has 23 N–H and O–H groups in total. The number of hydrogen-bond acceptors (Lipinski definition) is 22. The molecule has 41 heteroatoms. The summed E-state index contributed by atoms with van der Waals surface area (Å²) in [6.45, 7) is 24.2. The van der Waals surface area contributed by atoms with Gasteiger partial charge >= 0.3 is 5.91 Å². The Balaban J connectivity index is 1.10.